The number of fused-ring (bicyclic) bond motifs is 1. The Balaban J connectivity index is 2.26. The first-order valence-electron chi connectivity index (χ1n) is 5.34. The van der Waals surface area contributed by atoms with Gasteiger partial charge in [-0.25, -0.2) is 9.37 Å². The maximum Gasteiger partial charge on any atom is 0.155 e. The summed E-state index contributed by atoms with van der Waals surface area (Å²) in [6.07, 6.45) is 1.79. The molecule has 2 N–H and O–H groups in total. The van der Waals surface area contributed by atoms with Crippen LogP contribution < -0.4 is 5.73 Å². The first kappa shape index (κ1) is 11.0. The summed E-state index contributed by atoms with van der Waals surface area (Å²) >= 11 is 6.07. The monoisotopic (exact) mass is 261 g/mol. The molecule has 0 bridgehead atoms. The molecule has 2 aromatic heterocycles. The van der Waals surface area contributed by atoms with Gasteiger partial charge in [0.1, 0.15) is 11.6 Å². The summed E-state index contributed by atoms with van der Waals surface area (Å²) in [4.78, 5) is 4.28. The number of nitrogens with zero attached hydrogens (tertiary/aromatic N) is 2. The van der Waals surface area contributed by atoms with Crippen molar-refractivity contribution in [2.75, 3.05) is 5.73 Å². The van der Waals surface area contributed by atoms with Gasteiger partial charge in [-0.1, -0.05) is 11.6 Å². The van der Waals surface area contributed by atoms with E-state index in [0.29, 0.717) is 16.7 Å². The van der Waals surface area contributed by atoms with Gasteiger partial charge in [-0.05, 0) is 36.4 Å². The maximum atomic E-state index is 12.9. The van der Waals surface area contributed by atoms with E-state index in [-0.39, 0.29) is 5.82 Å². The summed E-state index contributed by atoms with van der Waals surface area (Å²) in [6, 6.07) is 9.62. The third-order valence-electron chi connectivity index (χ3n) is 2.73. The summed E-state index contributed by atoms with van der Waals surface area (Å²) in [5.41, 5.74) is 7.86. The van der Waals surface area contributed by atoms with Crippen LogP contribution in [0, 0.1) is 5.82 Å². The molecule has 0 radical (unpaired) electrons. The number of anilines is 1. The predicted molar refractivity (Wildman–Crippen MR) is 70.0 cm³/mol. The Morgan fingerprint density at radius 2 is 1.89 bits per heavy atom. The first-order chi connectivity index (χ1) is 8.65. The fourth-order valence-corrected chi connectivity index (χ4v) is 2.09. The standard InChI is InChI=1S/C13H9ClFN3/c14-12-11-7-10(16)5-6-18(11)13(17-12)8-1-3-9(15)4-2-8/h1-7H,16H2. The quantitative estimate of drug-likeness (QED) is 0.730. The molecule has 0 spiro atoms. The molecule has 0 saturated carbocycles. The number of rotatable bonds is 1. The highest BCUT2D eigenvalue weighted by Crippen LogP contribution is 2.26. The molecular weight excluding hydrogens is 253 g/mol. The molecule has 3 nitrogen and oxygen atoms in total. The zero-order chi connectivity index (χ0) is 12.7. The Bertz CT molecular complexity index is 719. The van der Waals surface area contributed by atoms with Crippen molar-refractivity contribution in [2.45, 2.75) is 0 Å². The van der Waals surface area contributed by atoms with Crippen LogP contribution in [0.1, 0.15) is 0 Å². The third kappa shape index (κ3) is 1.71. The van der Waals surface area contributed by atoms with E-state index in [1.54, 1.807) is 30.5 Å². The molecule has 5 heteroatoms. The van der Waals surface area contributed by atoms with Crippen LogP contribution in [0.5, 0.6) is 0 Å². The zero-order valence-corrected chi connectivity index (χ0v) is 10.0. The normalized spacial score (nSPS) is 11.0. The number of pyridine rings is 1. The van der Waals surface area contributed by atoms with E-state index in [4.69, 9.17) is 17.3 Å². The van der Waals surface area contributed by atoms with Gasteiger partial charge in [0, 0.05) is 17.4 Å². The van der Waals surface area contributed by atoms with Crippen molar-refractivity contribution in [3.8, 4) is 11.4 Å². The molecule has 3 rings (SSSR count). The van der Waals surface area contributed by atoms with Crippen LogP contribution in [0.2, 0.25) is 5.15 Å². The summed E-state index contributed by atoms with van der Waals surface area (Å²) in [6.45, 7) is 0. The van der Waals surface area contributed by atoms with E-state index < -0.39 is 0 Å². The highest BCUT2D eigenvalue weighted by molar-refractivity contribution is 6.33. The van der Waals surface area contributed by atoms with Gasteiger partial charge in [-0.2, -0.15) is 0 Å². The zero-order valence-electron chi connectivity index (χ0n) is 9.27. The Morgan fingerprint density at radius 1 is 1.17 bits per heavy atom. The van der Waals surface area contributed by atoms with Gasteiger partial charge < -0.3 is 5.73 Å². The van der Waals surface area contributed by atoms with Crippen LogP contribution >= 0.6 is 11.6 Å². The van der Waals surface area contributed by atoms with Crippen LogP contribution in [0.4, 0.5) is 10.1 Å². The van der Waals surface area contributed by atoms with Crippen molar-refractivity contribution in [2.24, 2.45) is 0 Å². The molecule has 0 aliphatic carbocycles. The van der Waals surface area contributed by atoms with E-state index in [1.807, 2.05) is 4.40 Å². The second-order valence-corrected chi connectivity index (χ2v) is 4.31. The van der Waals surface area contributed by atoms with E-state index in [9.17, 15) is 4.39 Å². The van der Waals surface area contributed by atoms with Crippen molar-refractivity contribution in [3.05, 3.63) is 53.6 Å². The number of hydrogen-bond donors (Lipinski definition) is 1. The molecule has 3 aromatic rings. The lowest BCUT2D eigenvalue weighted by atomic mass is 10.2. The molecule has 0 atom stereocenters. The fourth-order valence-electron chi connectivity index (χ4n) is 1.87. The van der Waals surface area contributed by atoms with Gasteiger partial charge in [0.2, 0.25) is 0 Å². The van der Waals surface area contributed by atoms with E-state index in [1.165, 1.54) is 12.1 Å². The van der Waals surface area contributed by atoms with Gasteiger partial charge in [0.05, 0.1) is 5.52 Å². The molecular formula is C13H9ClFN3. The molecule has 0 saturated heterocycles. The van der Waals surface area contributed by atoms with Gasteiger partial charge in [-0.3, -0.25) is 4.40 Å². The van der Waals surface area contributed by atoms with Gasteiger partial charge in [-0.15, -0.1) is 0 Å². The fraction of sp³-hybridized carbons (Fsp3) is 0. The molecule has 90 valence electrons. The third-order valence-corrected chi connectivity index (χ3v) is 3.00. The number of hydrogen-bond acceptors (Lipinski definition) is 2. The van der Waals surface area contributed by atoms with Crippen LogP contribution in [-0.4, -0.2) is 9.38 Å². The number of aromatic nitrogens is 2. The molecule has 0 aliphatic rings. The summed E-state index contributed by atoms with van der Waals surface area (Å²) in [7, 11) is 0. The molecule has 0 unspecified atom stereocenters. The summed E-state index contributed by atoms with van der Waals surface area (Å²) in [5.74, 6) is 0.380. The van der Waals surface area contributed by atoms with Crippen molar-refractivity contribution >= 4 is 22.8 Å². The Kier molecular flexibility index (Phi) is 2.45. The Morgan fingerprint density at radius 3 is 2.61 bits per heavy atom. The van der Waals surface area contributed by atoms with Gasteiger partial charge in [0.15, 0.2) is 5.15 Å². The highest BCUT2D eigenvalue weighted by atomic mass is 35.5. The number of imidazole rings is 1. The average molecular weight is 262 g/mol. The Hall–Kier alpha value is -2.07. The number of nitrogen functional groups attached to an aromatic ring is 1. The Labute approximate surface area is 108 Å². The van der Waals surface area contributed by atoms with E-state index in [0.717, 1.165) is 11.1 Å². The maximum absolute atomic E-state index is 12.9. The highest BCUT2D eigenvalue weighted by Gasteiger charge is 2.11. The molecule has 0 fully saturated rings. The van der Waals surface area contributed by atoms with Gasteiger partial charge in [0.25, 0.3) is 0 Å². The predicted octanol–water partition coefficient (Wildman–Crippen LogP) is 3.38. The van der Waals surface area contributed by atoms with Crippen LogP contribution in [-0.2, 0) is 0 Å². The molecule has 18 heavy (non-hydrogen) atoms. The van der Waals surface area contributed by atoms with Crippen molar-refractivity contribution in [1.82, 2.24) is 9.38 Å². The van der Waals surface area contributed by atoms with E-state index in [2.05, 4.69) is 4.98 Å². The second-order valence-electron chi connectivity index (χ2n) is 3.95. The minimum absolute atomic E-state index is 0.282. The molecule has 0 aliphatic heterocycles. The number of nitrogens with two attached hydrogens (primary N) is 1. The van der Waals surface area contributed by atoms with Crippen LogP contribution in [0.25, 0.3) is 16.9 Å². The average Bonchev–Trinajstić information content (AvgIpc) is 2.68. The minimum atomic E-state index is -0.282. The summed E-state index contributed by atoms with van der Waals surface area (Å²) in [5, 5.41) is 0.377. The molecule has 1 aromatic carbocycles. The minimum Gasteiger partial charge on any atom is -0.399 e. The number of halogens is 2. The first-order valence-corrected chi connectivity index (χ1v) is 5.72. The topological polar surface area (TPSA) is 43.3 Å². The van der Waals surface area contributed by atoms with E-state index >= 15 is 0 Å². The smallest absolute Gasteiger partial charge is 0.155 e. The largest absolute Gasteiger partial charge is 0.399 e. The molecule has 2 heterocycles. The lowest BCUT2D eigenvalue weighted by Crippen LogP contribution is -1.91. The van der Waals surface area contributed by atoms with Crippen LogP contribution in [0.15, 0.2) is 42.6 Å². The van der Waals surface area contributed by atoms with Crippen LogP contribution in [0.3, 0.4) is 0 Å². The summed E-state index contributed by atoms with van der Waals surface area (Å²) < 4.78 is 14.7. The van der Waals surface area contributed by atoms with Crippen molar-refractivity contribution in [3.63, 3.8) is 0 Å². The second kappa shape index (κ2) is 3.99. The number of benzene rings is 1. The van der Waals surface area contributed by atoms with Crippen molar-refractivity contribution in [1.29, 1.82) is 0 Å². The SMILES string of the molecule is Nc1ccn2c(-c3ccc(F)cc3)nc(Cl)c2c1. The lowest BCUT2D eigenvalue weighted by Gasteiger charge is -2.01. The lowest BCUT2D eigenvalue weighted by molar-refractivity contribution is 0.628. The molecule has 0 amide bonds. The van der Waals surface area contributed by atoms with Gasteiger partial charge >= 0.3 is 0 Å². The van der Waals surface area contributed by atoms with Crippen molar-refractivity contribution < 1.29 is 4.39 Å².